The van der Waals surface area contributed by atoms with Crippen LogP contribution in [0.5, 0.6) is 0 Å². The number of nitrogens with two attached hydrogens (primary N) is 1. The van der Waals surface area contributed by atoms with E-state index in [-0.39, 0.29) is 32.0 Å². The summed E-state index contributed by atoms with van der Waals surface area (Å²) in [5.74, 6) is -0.981. The zero-order chi connectivity index (χ0) is 24.9. The molecule has 1 saturated heterocycles. The fourth-order valence-corrected chi connectivity index (χ4v) is 4.67. The van der Waals surface area contributed by atoms with Crippen LogP contribution in [-0.2, 0) is 33.2 Å². The van der Waals surface area contributed by atoms with Crippen molar-refractivity contribution in [2.45, 2.75) is 79.3 Å². The highest BCUT2D eigenvalue weighted by atomic mass is 32.3. The quantitative estimate of drug-likeness (QED) is 0.443. The third kappa shape index (κ3) is 8.55. The number of ether oxygens (including phenoxy) is 1. The van der Waals surface area contributed by atoms with Crippen molar-refractivity contribution in [1.29, 1.82) is 0 Å². The molecule has 11 nitrogen and oxygen atoms in total. The van der Waals surface area contributed by atoms with Crippen LogP contribution < -0.4 is 5.73 Å². The number of hydroxylamine groups is 2. The molecule has 0 bridgehead atoms. The van der Waals surface area contributed by atoms with Crippen molar-refractivity contribution >= 4 is 28.3 Å². The summed E-state index contributed by atoms with van der Waals surface area (Å²) in [5, 5.41) is 0.694. The molecule has 0 saturated carbocycles. The van der Waals surface area contributed by atoms with Crippen LogP contribution in [0.15, 0.2) is 0 Å². The van der Waals surface area contributed by atoms with Crippen LogP contribution in [0.2, 0.25) is 0 Å². The molecule has 1 rings (SSSR count). The predicted octanol–water partition coefficient (Wildman–Crippen LogP) is 1.97. The second-order valence-electron chi connectivity index (χ2n) is 9.83. The summed E-state index contributed by atoms with van der Waals surface area (Å²) in [7, 11) is -3.21. The predicted molar refractivity (Wildman–Crippen MR) is 116 cm³/mol. The van der Waals surface area contributed by atoms with Crippen LogP contribution in [0.25, 0.3) is 0 Å². The van der Waals surface area contributed by atoms with E-state index >= 15 is 0 Å². The number of carbonyl (C=O) groups is 3. The Morgan fingerprint density at radius 2 is 1.69 bits per heavy atom. The lowest BCUT2D eigenvalue weighted by Crippen LogP contribution is -2.50. The van der Waals surface area contributed by atoms with Crippen LogP contribution in [0.4, 0.5) is 4.79 Å². The van der Waals surface area contributed by atoms with Crippen molar-refractivity contribution in [2.75, 3.05) is 20.3 Å². The molecule has 0 radical (unpaired) electrons. The molecule has 0 aromatic rings. The number of urea groups is 1. The standard InChI is InChI=1S/C20H37N3O8S/c1-8-16(24)29-12-19(3,4)11-20(5,6)13-30-32(27,28)31-23-14(2)9-10-15(17(21)25)22(7)18(23)26/h14-15H,8-13H2,1-7H3,(H2,21,25)/t14-,15-/m0/s1. The lowest BCUT2D eigenvalue weighted by molar-refractivity contribution is -0.147. The molecular formula is C20H37N3O8S. The number of amides is 3. The average molecular weight is 480 g/mol. The lowest BCUT2D eigenvalue weighted by Gasteiger charge is -2.34. The minimum absolute atomic E-state index is 0.194. The van der Waals surface area contributed by atoms with Gasteiger partial charge in [0, 0.05) is 13.5 Å². The first-order valence-electron chi connectivity index (χ1n) is 10.6. The van der Waals surface area contributed by atoms with Gasteiger partial charge in [0.15, 0.2) is 0 Å². The molecule has 32 heavy (non-hydrogen) atoms. The molecular weight excluding hydrogens is 442 g/mol. The maximum Gasteiger partial charge on any atom is 0.421 e. The Balaban J connectivity index is 2.78. The first-order chi connectivity index (χ1) is 14.5. The second-order valence-corrected chi connectivity index (χ2v) is 11.0. The van der Waals surface area contributed by atoms with E-state index in [1.807, 2.05) is 27.7 Å². The van der Waals surface area contributed by atoms with E-state index < -0.39 is 45.3 Å². The molecule has 12 heteroatoms. The fraction of sp³-hybridized carbons (Fsp3) is 0.850. The van der Waals surface area contributed by atoms with E-state index in [1.165, 1.54) is 7.05 Å². The Hall–Kier alpha value is -1.92. The zero-order valence-electron chi connectivity index (χ0n) is 20.0. The number of hydrogen-bond donors (Lipinski definition) is 1. The number of nitrogens with zero attached hydrogens (tertiary/aromatic N) is 2. The number of likely N-dealkylation sites (N-methyl/N-ethyl adjacent to an activating group) is 1. The van der Waals surface area contributed by atoms with Gasteiger partial charge in [-0.05, 0) is 37.0 Å². The maximum atomic E-state index is 12.6. The molecule has 1 aliphatic rings. The fourth-order valence-electron chi connectivity index (χ4n) is 3.75. The van der Waals surface area contributed by atoms with Gasteiger partial charge < -0.3 is 15.4 Å². The molecule has 1 aliphatic heterocycles. The molecule has 3 amide bonds. The molecule has 1 fully saturated rings. The summed E-state index contributed by atoms with van der Waals surface area (Å²) >= 11 is 0. The minimum atomic E-state index is -4.57. The van der Waals surface area contributed by atoms with Gasteiger partial charge in [-0.15, -0.1) is 4.28 Å². The van der Waals surface area contributed by atoms with E-state index in [9.17, 15) is 22.8 Å². The first kappa shape index (κ1) is 28.1. The summed E-state index contributed by atoms with van der Waals surface area (Å²) in [5.41, 5.74) is 4.31. The third-order valence-electron chi connectivity index (χ3n) is 5.18. The van der Waals surface area contributed by atoms with Gasteiger partial charge in [0.1, 0.15) is 6.04 Å². The molecule has 0 aliphatic carbocycles. The number of primary amides is 1. The maximum absolute atomic E-state index is 12.6. The minimum Gasteiger partial charge on any atom is -0.465 e. The Morgan fingerprint density at radius 1 is 1.12 bits per heavy atom. The van der Waals surface area contributed by atoms with Crippen molar-refractivity contribution in [2.24, 2.45) is 16.6 Å². The Bertz CT molecular complexity index is 797. The van der Waals surface area contributed by atoms with Gasteiger partial charge in [-0.2, -0.15) is 13.5 Å². The first-order valence-corrected chi connectivity index (χ1v) is 11.9. The van der Waals surface area contributed by atoms with Crippen molar-refractivity contribution in [1.82, 2.24) is 9.96 Å². The molecule has 0 aromatic carbocycles. The van der Waals surface area contributed by atoms with E-state index in [1.54, 1.807) is 13.8 Å². The molecule has 2 N–H and O–H groups in total. The highest BCUT2D eigenvalue weighted by Crippen LogP contribution is 2.35. The van der Waals surface area contributed by atoms with Crippen molar-refractivity contribution in [3.8, 4) is 0 Å². The smallest absolute Gasteiger partial charge is 0.421 e. The highest BCUT2D eigenvalue weighted by Gasteiger charge is 2.39. The Morgan fingerprint density at radius 3 is 2.22 bits per heavy atom. The summed E-state index contributed by atoms with van der Waals surface area (Å²) in [6.45, 7) is 10.7. The van der Waals surface area contributed by atoms with Crippen LogP contribution in [0.3, 0.4) is 0 Å². The second kappa shape index (κ2) is 10.8. The van der Waals surface area contributed by atoms with Gasteiger partial charge in [0.25, 0.3) is 0 Å². The Kier molecular flexibility index (Phi) is 9.49. The van der Waals surface area contributed by atoms with Crippen molar-refractivity contribution < 1.29 is 36.0 Å². The number of rotatable bonds is 11. The van der Waals surface area contributed by atoms with Gasteiger partial charge in [-0.1, -0.05) is 34.6 Å². The SMILES string of the molecule is CCC(=O)OCC(C)(C)CC(C)(C)COS(=O)(=O)ON1C(=O)N(C)[C@H](C(N)=O)CC[C@@H]1C. The van der Waals surface area contributed by atoms with E-state index in [0.29, 0.717) is 17.9 Å². The largest absolute Gasteiger partial charge is 0.465 e. The average Bonchev–Trinajstić information content (AvgIpc) is 2.76. The van der Waals surface area contributed by atoms with Crippen LogP contribution in [-0.4, -0.2) is 68.6 Å². The number of hydrogen-bond acceptors (Lipinski definition) is 8. The molecule has 0 aromatic heterocycles. The summed E-state index contributed by atoms with van der Waals surface area (Å²) in [6.07, 6.45) is 1.37. The summed E-state index contributed by atoms with van der Waals surface area (Å²) in [6, 6.07) is -2.28. The summed E-state index contributed by atoms with van der Waals surface area (Å²) < 4.78 is 40.2. The summed E-state index contributed by atoms with van der Waals surface area (Å²) in [4.78, 5) is 36.7. The normalized spacial score (nSPS) is 20.8. The van der Waals surface area contributed by atoms with Gasteiger partial charge >= 0.3 is 22.4 Å². The van der Waals surface area contributed by atoms with Crippen molar-refractivity contribution in [3.63, 3.8) is 0 Å². The van der Waals surface area contributed by atoms with E-state index in [4.69, 9.17) is 18.9 Å². The molecule has 2 atom stereocenters. The highest BCUT2D eigenvalue weighted by molar-refractivity contribution is 7.81. The Labute approximate surface area is 190 Å². The van der Waals surface area contributed by atoms with Gasteiger partial charge in [0.05, 0.1) is 19.3 Å². The van der Waals surface area contributed by atoms with E-state index in [2.05, 4.69) is 0 Å². The van der Waals surface area contributed by atoms with Gasteiger partial charge in [0.2, 0.25) is 5.91 Å². The topological polar surface area (TPSA) is 146 Å². The molecule has 0 spiro atoms. The third-order valence-corrected chi connectivity index (χ3v) is 5.93. The van der Waals surface area contributed by atoms with Crippen molar-refractivity contribution in [3.05, 3.63) is 0 Å². The van der Waals surface area contributed by atoms with Crippen LogP contribution in [0, 0.1) is 10.8 Å². The molecule has 186 valence electrons. The van der Waals surface area contributed by atoms with E-state index in [0.717, 1.165) is 4.90 Å². The molecule has 0 unspecified atom stereocenters. The van der Waals surface area contributed by atoms with Crippen LogP contribution >= 0.6 is 0 Å². The number of carbonyl (C=O) groups excluding carboxylic acids is 3. The van der Waals surface area contributed by atoms with Crippen LogP contribution in [0.1, 0.15) is 67.2 Å². The number of esters is 1. The monoisotopic (exact) mass is 479 g/mol. The van der Waals surface area contributed by atoms with Gasteiger partial charge in [-0.25, -0.2) is 8.98 Å². The molecule has 1 heterocycles. The van der Waals surface area contributed by atoms with Gasteiger partial charge in [-0.3, -0.25) is 9.59 Å². The lowest BCUT2D eigenvalue weighted by atomic mass is 9.76. The zero-order valence-corrected chi connectivity index (χ0v) is 20.9.